The molecule has 0 bridgehead atoms. The molecular formula is C20H24N2O2. The molecule has 1 N–H and O–H groups in total. The van der Waals surface area contributed by atoms with Crippen LogP contribution >= 0.6 is 0 Å². The van der Waals surface area contributed by atoms with Crippen LogP contribution in [0.4, 0.5) is 0 Å². The third-order valence-corrected chi connectivity index (χ3v) is 3.85. The normalized spacial score (nSPS) is 10.3. The summed E-state index contributed by atoms with van der Waals surface area (Å²) in [7, 11) is 0. The molecule has 4 heteroatoms. The van der Waals surface area contributed by atoms with Crippen LogP contribution < -0.4 is 5.32 Å². The fourth-order valence-electron chi connectivity index (χ4n) is 2.44. The Labute approximate surface area is 143 Å². The zero-order valence-corrected chi connectivity index (χ0v) is 14.5. The summed E-state index contributed by atoms with van der Waals surface area (Å²) in [5, 5.41) is 2.87. The Morgan fingerprint density at radius 2 is 1.67 bits per heavy atom. The maximum absolute atomic E-state index is 12.2. The van der Waals surface area contributed by atoms with Crippen molar-refractivity contribution in [1.82, 2.24) is 10.2 Å². The lowest BCUT2D eigenvalue weighted by molar-refractivity contribution is -0.135. The van der Waals surface area contributed by atoms with Crippen LogP contribution in [0.15, 0.2) is 48.5 Å². The van der Waals surface area contributed by atoms with Gasteiger partial charge in [0.2, 0.25) is 11.8 Å². The first kappa shape index (κ1) is 17.7. The fraction of sp³-hybridized carbons (Fsp3) is 0.300. The number of hydrogen-bond donors (Lipinski definition) is 1. The molecule has 4 nitrogen and oxygen atoms in total. The van der Waals surface area contributed by atoms with E-state index >= 15 is 0 Å². The molecule has 2 rings (SSSR count). The topological polar surface area (TPSA) is 49.4 Å². The summed E-state index contributed by atoms with van der Waals surface area (Å²) >= 11 is 0. The number of carbonyl (C=O) groups excluding carboxylic acids is 2. The van der Waals surface area contributed by atoms with Gasteiger partial charge in [-0.2, -0.15) is 0 Å². The largest absolute Gasteiger partial charge is 0.350 e. The number of hydrogen-bond acceptors (Lipinski definition) is 2. The number of aryl methyl sites for hydroxylation is 2. The highest BCUT2D eigenvalue weighted by atomic mass is 16.2. The van der Waals surface area contributed by atoms with Gasteiger partial charge in [0.05, 0.1) is 6.54 Å². The summed E-state index contributed by atoms with van der Waals surface area (Å²) < 4.78 is 0. The standard InChI is InChI=1S/C20H24N2O2/c1-15-7-9-18(10-8-15)13-22(17(3)23)14-20(24)21-12-19-6-4-5-16(2)11-19/h4-11H,12-14H2,1-3H3,(H,21,24). The van der Waals surface area contributed by atoms with Crippen molar-refractivity contribution in [3.8, 4) is 0 Å². The van der Waals surface area contributed by atoms with E-state index in [1.165, 1.54) is 12.5 Å². The highest BCUT2D eigenvalue weighted by molar-refractivity contribution is 5.83. The molecule has 2 aromatic rings. The van der Waals surface area contributed by atoms with Gasteiger partial charge in [-0.15, -0.1) is 0 Å². The molecular weight excluding hydrogens is 300 g/mol. The maximum atomic E-state index is 12.2. The lowest BCUT2D eigenvalue weighted by atomic mass is 10.1. The van der Waals surface area contributed by atoms with Crippen molar-refractivity contribution in [2.24, 2.45) is 0 Å². The van der Waals surface area contributed by atoms with Crippen LogP contribution in [0.1, 0.15) is 29.2 Å². The van der Waals surface area contributed by atoms with Crippen molar-refractivity contribution in [3.05, 3.63) is 70.8 Å². The van der Waals surface area contributed by atoms with E-state index in [1.54, 1.807) is 4.90 Å². The summed E-state index contributed by atoms with van der Waals surface area (Å²) in [4.78, 5) is 25.5. The van der Waals surface area contributed by atoms with Gasteiger partial charge in [0.25, 0.3) is 0 Å². The van der Waals surface area contributed by atoms with Crippen molar-refractivity contribution >= 4 is 11.8 Å². The Morgan fingerprint density at radius 1 is 0.958 bits per heavy atom. The average Bonchev–Trinajstić information content (AvgIpc) is 2.54. The predicted octanol–water partition coefficient (Wildman–Crippen LogP) is 2.97. The molecule has 0 unspecified atom stereocenters. The first-order valence-corrected chi connectivity index (χ1v) is 8.07. The molecule has 2 amide bonds. The number of nitrogens with zero attached hydrogens (tertiary/aromatic N) is 1. The summed E-state index contributed by atoms with van der Waals surface area (Å²) in [5.41, 5.74) is 4.40. The summed E-state index contributed by atoms with van der Waals surface area (Å²) in [6.45, 7) is 6.50. The van der Waals surface area contributed by atoms with E-state index in [-0.39, 0.29) is 18.4 Å². The predicted molar refractivity (Wildman–Crippen MR) is 95.3 cm³/mol. The third-order valence-electron chi connectivity index (χ3n) is 3.85. The number of nitrogens with one attached hydrogen (secondary N) is 1. The van der Waals surface area contributed by atoms with Crippen molar-refractivity contribution < 1.29 is 9.59 Å². The molecule has 24 heavy (non-hydrogen) atoms. The van der Waals surface area contributed by atoms with Crippen LogP contribution in [0, 0.1) is 13.8 Å². The minimum Gasteiger partial charge on any atom is -0.350 e. The summed E-state index contributed by atoms with van der Waals surface area (Å²) in [6.07, 6.45) is 0. The van der Waals surface area contributed by atoms with Crippen molar-refractivity contribution in [2.45, 2.75) is 33.9 Å². The van der Waals surface area contributed by atoms with Gasteiger partial charge in [0, 0.05) is 20.0 Å². The summed E-state index contributed by atoms with van der Waals surface area (Å²) in [6, 6.07) is 16.0. The Hall–Kier alpha value is -2.62. The monoisotopic (exact) mass is 324 g/mol. The zero-order chi connectivity index (χ0) is 17.5. The van der Waals surface area contributed by atoms with Crippen LogP contribution in [-0.2, 0) is 22.7 Å². The van der Waals surface area contributed by atoms with Crippen LogP contribution in [0.3, 0.4) is 0 Å². The van der Waals surface area contributed by atoms with Crippen molar-refractivity contribution in [3.63, 3.8) is 0 Å². The number of amides is 2. The summed E-state index contributed by atoms with van der Waals surface area (Å²) in [5.74, 6) is -0.264. The molecule has 0 aliphatic heterocycles. The van der Waals surface area contributed by atoms with Crippen LogP contribution in [0.25, 0.3) is 0 Å². The second kappa shape index (κ2) is 8.29. The molecule has 2 aromatic carbocycles. The number of rotatable bonds is 6. The Bertz CT molecular complexity index is 708. The van der Waals surface area contributed by atoms with Gasteiger partial charge in [-0.1, -0.05) is 59.7 Å². The van der Waals surface area contributed by atoms with Gasteiger partial charge in [0.1, 0.15) is 0 Å². The number of carbonyl (C=O) groups is 2. The first-order chi connectivity index (χ1) is 11.4. The SMILES string of the molecule is CC(=O)N(CC(=O)NCc1cccc(C)c1)Cc1ccc(C)cc1. The Morgan fingerprint density at radius 3 is 2.29 bits per heavy atom. The molecule has 0 atom stereocenters. The smallest absolute Gasteiger partial charge is 0.239 e. The van der Waals surface area contributed by atoms with Crippen molar-refractivity contribution in [2.75, 3.05) is 6.54 Å². The average molecular weight is 324 g/mol. The zero-order valence-electron chi connectivity index (χ0n) is 14.5. The van der Waals surface area contributed by atoms with Crippen LogP contribution in [-0.4, -0.2) is 23.3 Å². The fourth-order valence-corrected chi connectivity index (χ4v) is 2.44. The Balaban J connectivity index is 1.91. The minimum absolute atomic E-state index is 0.0645. The second-order valence-corrected chi connectivity index (χ2v) is 6.13. The van der Waals surface area contributed by atoms with E-state index < -0.39 is 0 Å². The molecule has 0 spiro atoms. The molecule has 0 aliphatic rings. The van der Waals surface area contributed by atoms with Crippen LogP contribution in [0.2, 0.25) is 0 Å². The van der Waals surface area contributed by atoms with Gasteiger partial charge < -0.3 is 10.2 Å². The lowest BCUT2D eigenvalue weighted by Crippen LogP contribution is -2.39. The van der Waals surface area contributed by atoms with Gasteiger partial charge in [-0.05, 0) is 25.0 Å². The van der Waals surface area contributed by atoms with Gasteiger partial charge in [-0.25, -0.2) is 0 Å². The highest BCUT2D eigenvalue weighted by Crippen LogP contribution is 2.07. The second-order valence-electron chi connectivity index (χ2n) is 6.13. The molecule has 0 radical (unpaired) electrons. The van der Waals surface area contributed by atoms with E-state index in [0.717, 1.165) is 16.7 Å². The van der Waals surface area contributed by atoms with Crippen molar-refractivity contribution in [1.29, 1.82) is 0 Å². The molecule has 0 heterocycles. The van der Waals surface area contributed by atoms with E-state index in [0.29, 0.717) is 13.1 Å². The van der Waals surface area contributed by atoms with E-state index in [2.05, 4.69) is 5.32 Å². The molecule has 0 saturated heterocycles. The quantitative estimate of drug-likeness (QED) is 0.888. The molecule has 0 saturated carbocycles. The van der Waals surface area contributed by atoms with E-state index in [9.17, 15) is 9.59 Å². The van der Waals surface area contributed by atoms with Crippen LogP contribution in [0.5, 0.6) is 0 Å². The maximum Gasteiger partial charge on any atom is 0.239 e. The van der Waals surface area contributed by atoms with E-state index in [4.69, 9.17) is 0 Å². The van der Waals surface area contributed by atoms with Gasteiger partial charge in [-0.3, -0.25) is 9.59 Å². The molecule has 0 fully saturated rings. The lowest BCUT2D eigenvalue weighted by Gasteiger charge is -2.21. The highest BCUT2D eigenvalue weighted by Gasteiger charge is 2.14. The van der Waals surface area contributed by atoms with Gasteiger partial charge >= 0.3 is 0 Å². The molecule has 0 aromatic heterocycles. The Kier molecular flexibility index (Phi) is 6.13. The van der Waals surface area contributed by atoms with E-state index in [1.807, 2.05) is 62.4 Å². The molecule has 126 valence electrons. The third kappa shape index (κ3) is 5.54. The van der Waals surface area contributed by atoms with Gasteiger partial charge in [0.15, 0.2) is 0 Å². The molecule has 0 aliphatic carbocycles. The number of benzene rings is 2. The first-order valence-electron chi connectivity index (χ1n) is 8.07. The minimum atomic E-state index is -0.154.